The van der Waals surface area contributed by atoms with Crippen molar-refractivity contribution < 1.29 is 5.94 Å². The lowest BCUT2D eigenvalue weighted by atomic mass is 10.4. The standard InChI is InChI=1S/C18H15OP/c19-20(16-10-4-1-5-11-16,17-12-6-2-7-13-17)18-14-8-3-9-15-18/h1-15H/i4D. The van der Waals surface area contributed by atoms with Crippen LogP contribution in [-0.2, 0) is 4.57 Å². The lowest BCUT2D eigenvalue weighted by Gasteiger charge is -2.19. The summed E-state index contributed by atoms with van der Waals surface area (Å²) in [6, 6.07) is 26.4. The van der Waals surface area contributed by atoms with E-state index in [-0.39, 0.29) is 0 Å². The van der Waals surface area contributed by atoms with Gasteiger partial charge in [-0.25, -0.2) is 0 Å². The average Bonchev–Trinajstić information content (AvgIpc) is 2.56. The first-order chi connectivity index (χ1) is 10.2. The first-order valence-electron chi connectivity index (χ1n) is 7.00. The van der Waals surface area contributed by atoms with E-state index in [9.17, 15) is 4.57 Å². The van der Waals surface area contributed by atoms with Gasteiger partial charge in [0.25, 0.3) is 0 Å². The van der Waals surface area contributed by atoms with Gasteiger partial charge in [-0.15, -0.1) is 0 Å². The summed E-state index contributed by atoms with van der Waals surface area (Å²) in [5.74, 6) is 0. The van der Waals surface area contributed by atoms with Crippen LogP contribution >= 0.6 is 7.14 Å². The van der Waals surface area contributed by atoms with Gasteiger partial charge in [0, 0.05) is 15.9 Å². The number of hydrogen-bond donors (Lipinski definition) is 0. The van der Waals surface area contributed by atoms with Crippen LogP contribution in [0.25, 0.3) is 0 Å². The van der Waals surface area contributed by atoms with Crippen molar-refractivity contribution >= 4 is 23.1 Å². The Morgan fingerprint density at radius 2 is 1.00 bits per heavy atom. The van der Waals surface area contributed by atoms with E-state index in [1.807, 2.05) is 66.7 Å². The smallest absolute Gasteiger partial charge is 0.171 e. The summed E-state index contributed by atoms with van der Waals surface area (Å²) in [7, 11) is -2.92. The second-order valence-corrected chi connectivity index (χ2v) is 7.31. The Hall–Kier alpha value is -2.11. The first-order valence-corrected chi connectivity index (χ1v) is 8.20. The zero-order valence-corrected chi connectivity index (χ0v) is 11.8. The molecule has 0 amide bonds. The van der Waals surface area contributed by atoms with Crippen molar-refractivity contribution in [1.82, 2.24) is 0 Å². The van der Waals surface area contributed by atoms with Crippen molar-refractivity contribution in [2.24, 2.45) is 0 Å². The van der Waals surface area contributed by atoms with Gasteiger partial charge in [0.15, 0.2) is 7.14 Å². The van der Waals surface area contributed by atoms with Gasteiger partial charge < -0.3 is 4.57 Å². The SMILES string of the molecule is [2H]c1cccc(P(=O)(c2ccccc2)c2ccccc2)c1. The van der Waals surface area contributed by atoms with Gasteiger partial charge in [0.1, 0.15) is 0 Å². The molecule has 0 atom stereocenters. The van der Waals surface area contributed by atoms with Crippen molar-refractivity contribution in [2.45, 2.75) is 0 Å². The second-order valence-electron chi connectivity index (χ2n) is 4.54. The normalized spacial score (nSPS) is 11.9. The van der Waals surface area contributed by atoms with Gasteiger partial charge in [0.2, 0.25) is 0 Å². The topological polar surface area (TPSA) is 17.1 Å². The zero-order valence-electron chi connectivity index (χ0n) is 11.9. The van der Waals surface area contributed by atoms with Gasteiger partial charge >= 0.3 is 0 Å². The molecule has 0 aromatic heterocycles. The summed E-state index contributed by atoms with van der Waals surface area (Å²) in [6.07, 6.45) is 0. The van der Waals surface area contributed by atoms with Crippen LogP contribution in [0.5, 0.6) is 0 Å². The molecular formula is C18H15OP. The van der Waals surface area contributed by atoms with E-state index >= 15 is 0 Å². The molecule has 0 aliphatic heterocycles. The summed E-state index contributed by atoms with van der Waals surface area (Å²) in [6.45, 7) is 0. The van der Waals surface area contributed by atoms with Crippen molar-refractivity contribution in [3.63, 3.8) is 0 Å². The molecule has 0 spiro atoms. The van der Waals surface area contributed by atoms with E-state index < -0.39 is 7.14 Å². The zero-order chi connectivity index (χ0) is 14.7. The Bertz CT molecular complexity index is 741. The third-order valence-electron chi connectivity index (χ3n) is 3.29. The minimum absolute atomic E-state index is 0.375. The van der Waals surface area contributed by atoms with Gasteiger partial charge in [-0.3, -0.25) is 0 Å². The maximum absolute atomic E-state index is 13.9. The summed E-state index contributed by atoms with van der Waals surface area (Å²) in [5, 5.41) is 2.29. The molecular weight excluding hydrogens is 263 g/mol. The molecule has 0 aliphatic carbocycles. The summed E-state index contributed by atoms with van der Waals surface area (Å²) < 4.78 is 21.7. The van der Waals surface area contributed by atoms with E-state index in [1.54, 1.807) is 18.2 Å². The lowest BCUT2D eigenvalue weighted by molar-refractivity contribution is 0.592. The minimum Gasteiger partial charge on any atom is -0.309 e. The molecule has 0 N–H and O–H groups in total. The van der Waals surface area contributed by atoms with Crippen LogP contribution in [0.2, 0.25) is 0 Å². The molecule has 20 heavy (non-hydrogen) atoms. The molecule has 0 fully saturated rings. The molecule has 0 unspecified atom stereocenters. The number of rotatable bonds is 3. The van der Waals surface area contributed by atoms with Crippen LogP contribution in [0.1, 0.15) is 1.37 Å². The van der Waals surface area contributed by atoms with E-state index in [1.165, 1.54) is 0 Å². The van der Waals surface area contributed by atoms with Crippen LogP contribution < -0.4 is 15.9 Å². The molecule has 0 heterocycles. The molecule has 3 rings (SSSR count). The van der Waals surface area contributed by atoms with Crippen molar-refractivity contribution in [1.29, 1.82) is 0 Å². The summed E-state index contributed by atoms with van der Waals surface area (Å²) in [4.78, 5) is 0. The number of hydrogen-bond acceptors (Lipinski definition) is 1. The Kier molecular flexibility index (Phi) is 3.21. The highest BCUT2D eigenvalue weighted by molar-refractivity contribution is 7.85. The highest BCUT2D eigenvalue weighted by Gasteiger charge is 2.28. The highest BCUT2D eigenvalue weighted by Crippen LogP contribution is 2.41. The maximum atomic E-state index is 13.9. The minimum atomic E-state index is -2.92. The molecule has 98 valence electrons. The van der Waals surface area contributed by atoms with Gasteiger partial charge in [-0.05, 0) is 0 Å². The summed E-state index contributed by atoms with van der Waals surface area (Å²) in [5.41, 5.74) is 0. The fourth-order valence-electron chi connectivity index (χ4n) is 2.30. The average molecular weight is 279 g/mol. The molecule has 0 radical (unpaired) electrons. The molecule has 0 bridgehead atoms. The van der Waals surface area contributed by atoms with Crippen molar-refractivity contribution in [3.05, 3.63) is 91.0 Å². The molecule has 3 aromatic rings. The van der Waals surface area contributed by atoms with Crippen LogP contribution in [0, 0.1) is 0 Å². The fourth-order valence-corrected chi connectivity index (χ4v) is 4.93. The predicted molar refractivity (Wildman–Crippen MR) is 85.8 cm³/mol. The Morgan fingerprint density at radius 3 is 1.45 bits per heavy atom. The molecule has 1 nitrogen and oxygen atoms in total. The molecule has 2 heteroatoms. The van der Waals surface area contributed by atoms with E-state index in [0.29, 0.717) is 11.3 Å². The molecule has 3 aromatic carbocycles. The van der Waals surface area contributed by atoms with Crippen LogP contribution in [0.3, 0.4) is 0 Å². The van der Waals surface area contributed by atoms with E-state index in [0.717, 1.165) is 10.6 Å². The van der Waals surface area contributed by atoms with E-state index in [2.05, 4.69) is 0 Å². The third kappa shape index (κ3) is 2.21. The van der Waals surface area contributed by atoms with Gasteiger partial charge in [-0.1, -0.05) is 91.0 Å². The van der Waals surface area contributed by atoms with Crippen LogP contribution in [-0.4, -0.2) is 0 Å². The van der Waals surface area contributed by atoms with E-state index in [4.69, 9.17) is 1.37 Å². The van der Waals surface area contributed by atoms with Gasteiger partial charge in [-0.2, -0.15) is 0 Å². The van der Waals surface area contributed by atoms with Crippen LogP contribution in [0.15, 0.2) is 91.0 Å². The fraction of sp³-hybridized carbons (Fsp3) is 0. The predicted octanol–water partition coefficient (Wildman–Crippen LogP) is 3.33. The van der Waals surface area contributed by atoms with Crippen molar-refractivity contribution in [2.75, 3.05) is 0 Å². The molecule has 0 aliphatic rings. The molecule has 0 saturated heterocycles. The Balaban J connectivity index is 2.29. The molecule has 0 saturated carbocycles. The largest absolute Gasteiger partial charge is 0.309 e. The summed E-state index contributed by atoms with van der Waals surface area (Å²) >= 11 is 0. The maximum Gasteiger partial charge on any atom is 0.171 e. The monoisotopic (exact) mass is 279 g/mol. The first kappa shape index (κ1) is 11.7. The third-order valence-corrected chi connectivity index (χ3v) is 6.35. The second kappa shape index (κ2) is 5.48. The lowest BCUT2D eigenvalue weighted by Crippen LogP contribution is -2.24. The van der Waals surface area contributed by atoms with Gasteiger partial charge in [0.05, 0.1) is 1.37 Å². The van der Waals surface area contributed by atoms with Crippen molar-refractivity contribution in [3.8, 4) is 0 Å². The Morgan fingerprint density at radius 1 is 0.600 bits per heavy atom. The Labute approximate surface area is 120 Å². The number of benzene rings is 3. The van der Waals surface area contributed by atoms with Crippen LogP contribution in [0.4, 0.5) is 0 Å². The quantitative estimate of drug-likeness (QED) is 0.672. The highest BCUT2D eigenvalue weighted by atomic mass is 31.2.